The highest BCUT2D eigenvalue weighted by Gasteiger charge is 2.16. The number of thioether (sulfide) groups is 1. The van der Waals surface area contributed by atoms with Crippen molar-refractivity contribution in [2.75, 3.05) is 5.75 Å². The van der Waals surface area contributed by atoms with Gasteiger partial charge in [0.2, 0.25) is 0 Å². The van der Waals surface area contributed by atoms with Gasteiger partial charge in [0, 0.05) is 5.75 Å². The molecule has 0 unspecified atom stereocenters. The number of ether oxygens (including phenoxy) is 1. The normalized spacial score (nSPS) is 42.0. The maximum Gasteiger partial charge on any atom is 0.100 e. The Morgan fingerprint density at radius 1 is 1.57 bits per heavy atom. The molecule has 1 aliphatic rings. The minimum atomic E-state index is 0.440. The molecular weight excluding hydrogens is 108 g/mol. The van der Waals surface area contributed by atoms with Crippen molar-refractivity contribution in [3.8, 4) is 0 Å². The van der Waals surface area contributed by atoms with Gasteiger partial charge in [-0.1, -0.05) is 0 Å². The number of hydrogen-bond donors (Lipinski definition) is 0. The monoisotopic (exact) mass is 118 g/mol. The Labute approximate surface area is 48.4 Å². The molecule has 0 bridgehead atoms. The minimum Gasteiger partial charge on any atom is -0.364 e. The first kappa shape index (κ1) is 5.45. The first-order valence-corrected chi connectivity index (χ1v) is 3.61. The average molecular weight is 118 g/mol. The van der Waals surface area contributed by atoms with Crippen LogP contribution in [0.4, 0.5) is 0 Å². The zero-order valence-corrected chi connectivity index (χ0v) is 5.49. The molecule has 1 fully saturated rings. The molecule has 0 aromatic carbocycles. The molecule has 0 saturated carbocycles. The molecule has 0 radical (unpaired) electrons. The quantitative estimate of drug-likeness (QED) is 0.476. The van der Waals surface area contributed by atoms with Crippen LogP contribution in [0.1, 0.15) is 13.8 Å². The Bertz CT molecular complexity index is 57.1. The Kier molecular flexibility index (Phi) is 1.60. The van der Waals surface area contributed by atoms with E-state index in [0.717, 1.165) is 0 Å². The molecule has 0 spiro atoms. The molecular formula is C5H10OS. The van der Waals surface area contributed by atoms with Crippen LogP contribution < -0.4 is 0 Å². The molecule has 1 saturated heterocycles. The highest BCUT2D eigenvalue weighted by atomic mass is 32.2. The van der Waals surface area contributed by atoms with Crippen LogP contribution in [0.15, 0.2) is 0 Å². The second-order valence-electron chi connectivity index (χ2n) is 1.85. The van der Waals surface area contributed by atoms with E-state index in [1.54, 1.807) is 0 Å². The molecule has 0 aromatic rings. The summed E-state index contributed by atoms with van der Waals surface area (Å²) in [6, 6.07) is 0. The van der Waals surface area contributed by atoms with Gasteiger partial charge in [-0.2, -0.15) is 0 Å². The predicted octanol–water partition coefficient (Wildman–Crippen LogP) is 1.48. The van der Waals surface area contributed by atoms with Crippen molar-refractivity contribution in [1.29, 1.82) is 0 Å². The highest BCUT2D eigenvalue weighted by molar-refractivity contribution is 7.99. The van der Waals surface area contributed by atoms with E-state index < -0.39 is 0 Å². The first-order valence-electron chi connectivity index (χ1n) is 2.56. The molecule has 0 aliphatic carbocycles. The largest absolute Gasteiger partial charge is 0.364 e. The Morgan fingerprint density at radius 3 is 2.43 bits per heavy atom. The number of rotatable bonds is 0. The van der Waals surface area contributed by atoms with E-state index in [0.29, 0.717) is 11.5 Å². The Hall–Kier alpha value is 0.310. The summed E-state index contributed by atoms with van der Waals surface area (Å²) in [4.78, 5) is 0. The van der Waals surface area contributed by atoms with Crippen molar-refractivity contribution in [2.24, 2.45) is 0 Å². The average Bonchev–Trinajstić information content (AvgIpc) is 1.87. The molecule has 1 nitrogen and oxygen atoms in total. The van der Waals surface area contributed by atoms with Crippen molar-refractivity contribution in [1.82, 2.24) is 0 Å². The van der Waals surface area contributed by atoms with Gasteiger partial charge < -0.3 is 4.74 Å². The fourth-order valence-electron chi connectivity index (χ4n) is 0.677. The molecule has 0 aromatic heterocycles. The Morgan fingerprint density at radius 2 is 2.29 bits per heavy atom. The van der Waals surface area contributed by atoms with E-state index in [9.17, 15) is 0 Å². The fourth-order valence-corrected chi connectivity index (χ4v) is 1.57. The highest BCUT2D eigenvalue weighted by Crippen LogP contribution is 2.23. The van der Waals surface area contributed by atoms with Gasteiger partial charge in [-0.15, -0.1) is 11.8 Å². The van der Waals surface area contributed by atoms with Crippen LogP contribution in [0.3, 0.4) is 0 Å². The second-order valence-corrected chi connectivity index (χ2v) is 3.18. The van der Waals surface area contributed by atoms with E-state index in [1.807, 2.05) is 11.8 Å². The summed E-state index contributed by atoms with van der Waals surface area (Å²) >= 11 is 1.88. The summed E-state index contributed by atoms with van der Waals surface area (Å²) in [5.41, 5.74) is 0.440. The minimum absolute atomic E-state index is 0.440. The smallest absolute Gasteiger partial charge is 0.100 e. The van der Waals surface area contributed by atoms with Crippen molar-refractivity contribution < 1.29 is 4.74 Å². The third-order valence-corrected chi connectivity index (χ3v) is 2.23. The summed E-state index contributed by atoms with van der Waals surface area (Å²) < 4.78 is 5.32. The maximum absolute atomic E-state index is 5.32. The third-order valence-electron chi connectivity index (χ3n) is 0.990. The standard InChI is InChI=1S/C5H10OS/c1-4-3-7-5(2)6-4/h4-5H,3H2,1-2H3/t4-,5+/m1/s1. The van der Waals surface area contributed by atoms with E-state index in [2.05, 4.69) is 13.8 Å². The first-order chi connectivity index (χ1) is 3.29. The van der Waals surface area contributed by atoms with Gasteiger partial charge in [0.25, 0.3) is 0 Å². The predicted molar refractivity (Wildman–Crippen MR) is 32.5 cm³/mol. The van der Waals surface area contributed by atoms with Crippen molar-refractivity contribution in [3.63, 3.8) is 0 Å². The van der Waals surface area contributed by atoms with Gasteiger partial charge in [-0.3, -0.25) is 0 Å². The summed E-state index contributed by atoms with van der Waals surface area (Å²) in [5.74, 6) is 1.17. The zero-order valence-electron chi connectivity index (χ0n) is 4.68. The maximum atomic E-state index is 5.32. The molecule has 2 atom stereocenters. The topological polar surface area (TPSA) is 9.23 Å². The molecule has 42 valence electrons. The van der Waals surface area contributed by atoms with Gasteiger partial charge in [0.05, 0.1) is 6.10 Å². The van der Waals surface area contributed by atoms with Crippen LogP contribution in [0.2, 0.25) is 0 Å². The summed E-state index contributed by atoms with van der Waals surface area (Å²) in [5, 5.41) is 0. The fraction of sp³-hybridized carbons (Fsp3) is 1.00. The number of hydrogen-bond acceptors (Lipinski definition) is 2. The summed E-state index contributed by atoms with van der Waals surface area (Å²) in [6.07, 6.45) is 0.486. The van der Waals surface area contributed by atoms with Crippen molar-refractivity contribution >= 4 is 11.8 Å². The van der Waals surface area contributed by atoms with E-state index in [1.165, 1.54) is 5.75 Å². The van der Waals surface area contributed by atoms with Crippen LogP contribution in [0.5, 0.6) is 0 Å². The molecule has 7 heavy (non-hydrogen) atoms. The summed E-state index contributed by atoms with van der Waals surface area (Å²) in [7, 11) is 0. The molecule has 0 N–H and O–H groups in total. The SMILES string of the molecule is C[C@@H]1CS[C@@H](C)O1. The molecule has 1 heterocycles. The lowest BCUT2D eigenvalue weighted by atomic mass is 10.5. The summed E-state index contributed by atoms with van der Waals surface area (Å²) in [6.45, 7) is 4.20. The second kappa shape index (κ2) is 2.05. The van der Waals surface area contributed by atoms with Gasteiger partial charge >= 0.3 is 0 Å². The van der Waals surface area contributed by atoms with Crippen LogP contribution >= 0.6 is 11.8 Å². The lowest BCUT2D eigenvalue weighted by molar-refractivity contribution is 0.0887. The van der Waals surface area contributed by atoms with E-state index >= 15 is 0 Å². The van der Waals surface area contributed by atoms with Crippen LogP contribution in [-0.2, 0) is 4.74 Å². The molecule has 1 aliphatic heterocycles. The van der Waals surface area contributed by atoms with Crippen LogP contribution in [-0.4, -0.2) is 17.3 Å². The van der Waals surface area contributed by atoms with E-state index in [-0.39, 0.29) is 0 Å². The third kappa shape index (κ3) is 1.35. The van der Waals surface area contributed by atoms with Gasteiger partial charge in [0.15, 0.2) is 0 Å². The van der Waals surface area contributed by atoms with Crippen LogP contribution in [0, 0.1) is 0 Å². The van der Waals surface area contributed by atoms with Gasteiger partial charge in [-0.25, -0.2) is 0 Å². The van der Waals surface area contributed by atoms with Crippen molar-refractivity contribution in [2.45, 2.75) is 25.4 Å². The molecule has 0 amide bonds. The zero-order chi connectivity index (χ0) is 5.28. The molecule has 2 heteroatoms. The van der Waals surface area contributed by atoms with E-state index in [4.69, 9.17) is 4.74 Å². The lowest BCUT2D eigenvalue weighted by Crippen LogP contribution is -2.03. The Balaban J connectivity index is 2.26. The van der Waals surface area contributed by atoms with Crippen LogP contribution in [0.25, 0.3) is 0 Å². The van der Waals surface area contributed by atoms with Crippen molar-refractivity contribution in [3.05, 3.63) is 0 Å². The van der Waals surface area contributed by atoms with Gasteiger partial charge in [0.1, 0.15) is 5.44 Å². The molecule has 1 rings (SSSR count). The van der Waals surface area contributed by atoms with Gasteiger partial charge in [-0.05, 0) is 13.8 Å². The lowest BCUT2D eigenvalue weighted by Gasteiger charge is -1.99.